The van der Waals surface area contributed by atoms with Gasteiger partial charge in [-0.1, -0.05) is 0 Å². The van der Waals surface area contributed by atoms with Gasteiger partial charge in [0.2, 0.25) is 0 Å². The van der Waals surface area contributed by atoms with Gasteiger partial charge in [-0.15, -0.1) is 0 Å². The monoisotopic (exact) mass is 425 g/mol. The van der Waals surface area contributed by atoms with Crippen LogP contribution in [0.25, 0.3) is 0 Å². The van der Waals surface area contributed by atoms with Crippen LogP contribution in [0, 0.1) is 4.77 Å². The number of nitrogens with zero attached hydrogens (tertiary/aromatic N) is 1. The van der Waals surface area contributed by atoms with Gasteiger partial charge >= 0.3 is 13.7 Å². The lowest BCUT2D eigenvalue weighted by Gasteiger charge is -2.28. The second-order valence-corrected chi connectivity index (χ2v) is 8.16. The Morgan fingerprint density at radius 3 is 2.81 bits per heavy atom. The minimum Gasteiger partial charge on any atom is -0.480 e. The summed E-state index contributed by atoms with van der Waals surface area (Å²) >= 11 is 5.01. The Labute approximate surface area is 158 Å². The Hall–Kier alpha value is -1.44. The number of carboxylic acid groups (broad SMARTS) is 1. The Balaban J connectivity index is 2.14. The van der Waals surface area contributed by atoms with Gasteiger partial charge < -0.3 is 24.9 Å². The summed E-state index contributed by atoms with van der Waals surface area (Å²) in [5.41, 5.74) is -2.33. The topological polar surface area (TPSA) is 183 Å². The predicted octanol–water partition coefficient (Wildman–Crippen LogP) is -0.905. The molecule has 2 rings (SSSR count). The molecule has 6 atom stereocenters. The van der Waals surface area contributed by atoms with Crippen LogP contribution in [0.2, 0.25) is 0 Å². The van der Waals surface area contributed by atoms with Crippen molar-refractivity contribution >= 4 is 25.9 Å². The molecule has 1 aromatic rings. The van der Waals surface area contributed by atoms with Crippen LogP contribution >= 0.6 is 20.0 Å². The van der Waals surface area contributed by atoms with Crippen LogP contribution in [0.4, 0.5) is 0 Å². The maximum absolute atomic E-state index is 11.9. The quantitative estimate of drug-likeness (QED) is 0.235. The molecule has 0 radical (unpaired) electrons. The zero-order valence-electron chi connectivity index (χ0n) is 14.3. The number of nitrogens with one attached hydrogen (secondary N) is 2. The summed E-state index contributed by atoms with van der Waals surface area (Å²) in [7, 11) is -4.51. The fourth-order valence-corrected chi connectivity index (χ4v) is 3.78. The minimum atomic E-state index is -4.51. The van der Waals surface area contributed by atoms with Crippen LogP contribution in [0.5, 0.6) is 0 Å². The number of aromatic nitrogens is 2. The number of ether oxygens (including phenoxy) is 1. The van der Waals surface area contributed by atoms with Gasteiger partial charge in [-0.2, -0.15) is 0 Å². The van der Waals surface area contributed by atoms with Crippen LogP contribution in [0.3, 0.4) is 0 Å². The Kier molecular flexibility index (Phi) is 6.39. The lowest BCUT2D eigenvalue weighted by molar-refractivity contribution is -0.138. The molecule has 0 aliphatic carbocycles. The average Bonchev–Trinajstić information content (AvgIpc) is 2.76. The molecule has 2 heterocycles. The van der Waals surface area contributed by atoms with Crippen molar-refractivity contribution in [3.8, 4) is 0 Å². The Morgan fingerprint density at radius 1 is 1.63 bits per heavy atom. The number of aliphatic hydroxyl groups excluding tert-OH is 1. The van der Waals surface area contributed by atoms with Crippen molar-refractivity contribution in [2.75, 3.05) is 6.61 Å². The van der Waals surface area contributed by atoms with E-state index in [0.29, 0.717) is 0 Å². The molecule has 1 aliphatic rings. The second kappa shape index (κ2) is 7.89. The van der Waals surface area contributed by atoms with Crippen LogP contribution in [-0.2, 0) is 18.6 Å². The van der Waals surface area contributed by atoms with E-state index in [4.69, 9.17) is 26.6 Å². The molecule has 0 amide bonds. The van der Waals surface area contributed by atoms with Gasteiger partial charge in [-0.3, -0.25) is 23.7 Å². The summed E-state index contributed by atoms with van der Waals surface area (Å²) in [5, 5.41) is 31.5. The normalized spacial score (nSPS) is 31.4. The average molecular weight is 425 g/mol. The van der Waals surface area contributed by atoms with Crippen LogP contribution in [0.15, 0.2) is 17.1 Å². The van der Waals surface area contributed by atoms with E-state index in [1.807, 2.05) is 5.09 Å². The third kappa shape index (κ3) is 4.89. The van der Waals surface area contributed by atoms with E-state index in [1.165, 1.54) is 17.7 Å². The molecular weight excluding hydrogens is 405 g/mol. The van der Waals surface area contributed by atoms with Gasteiger partial charge in [0.05, 0.1) is 6.61 Å². The van der Waals surface area contributed by atoms with E-state index in [2.05, 4.69) is 4.98 Å². The third-order valence-corrected chi connectivity index (χ3v) is 5.52. The van der Waals surface area contributed by atoms with Gasteiger partial charge in [0.15, 0.2) is 11.0 Å². The molecular formula is C13H20N3O9PS. The highest BCUT2D eigenvalue weighted by atomic mass is 32.1. The van der Waals surface area contributed by atoms with Crippen LogP contribution in [-0.4, -0.2) is 66.2 Å². The molecule has 1 aromatic heterocycles. The van der Waals surface area contributed by atoms with E-state index >= 15 is 0 Å². The highest BCUT2D eigenvalue weighted by Crippen LogP contribution is 2.42. The molecule has 3 unspecified atom stereocenters. The van der Waals surface area contributed by atoms with Crippen LogP contribution in [0.1, 0.15) is 20.1 Å². The highest BCUT2D eigenvalue weighted by molar-refractivity contribution is 7.71. The number of rotatable bonds is 7. The van der Waals surface area contributed by atoms with Gasteiger partial charge in [0, 0.05) is 12.3 Å². The fourth-order valence-electron chi connectivity index (χ4n) is 2.50. The standard InChI is InChI=1S/C13H20N3O9PS/c1-6(10(19)20)15-26(22,23)24-5-7-9(18)13(2,21)11(25-7)16-4-3-8(17)14-12(16)27/h3-4,6-7,9,11,18,21H,5H2,1-2H3,(H,19,20)(H,14,17,27)(H2,15,22,23)/t6-,7?,9-,11?,13-/m0/s1. The molecule has 12 nitrogen and oxygen atoms in total. The van der Waals surface area contributed by atoms with Crippen molar-refractivity contribution in [2.24, 2.45) is 0 Å². The number of hydrogen-bond donors (Lipinski definition) is 6. The fraction of sp³-hybridized carbons (Fsp3) is 0.615. The molecule has 6 N–H and O–H groups in total. The lowest BCUT2D eigenvalue weighted by Crippen LogP contribution is -2.44. The number of carboxylic acids is 1. The molecule has 1 fully saturated rings. The van der Waals surface area contributed by atoms with E-state index in [0.717, 1.165) is 13.0 Å². The van der Waals surface area contributed by atoms with E-state index in [9.17, 15) is 29.3 Å². The summed E-state index contributed by atoms with van der Waals surface area (Å²) in [6.45, 7) is 1.78. The smallest absolute Gasteiger partial charge is 0.403 e. The van der Waals surface area contributed by atoms with Gasteiger partial charge in [-0.05, 0) is 26.1 Å². The molecule has 0 spiro atoms. The summed E-state index contributed by atoms with van der Waals surface area (Å²) in [5.74, 6) is -1.36. The number of aromatic amines is 1. The Bertz CT molecular complexity index is 869. The van der Waals surface area contributed by atoms with Crippen molar-refractivity contribution < 1.29 is 38.8 Å². The van der Waals surface area contributed by atoms with Gasteiger partial charge in [-0.25, -0.2) is 9.65 Å². The van der Waals surface area contributed by atoms with Gasteiger partial charge in [0.1, 0.15) is 23.9 Å². The maximum atomic E-state index is 11.9. The molecule has 152 valence electrons. The van der Waals surface area contributed by atoms with Crippen molar-refractivity contribution in [2.45, 2.75) is 43.9 Å². The zero-order valence-corrected chi connectivity index (χ0v) is 16.0. The summed E-state index contributed by atoms with van der Waals surface area (Å²) < 4.78 is 23.3. The first-order chi connectivity index (χ1) is 12.3. The SMILES string of the molecule is C[C@H](NP(=O)(O)OCC1OC(n2ccc(=O)[nH]c2=S)[C@@](C)(O)[C@H]1O)C(=O)O. The van der Waals surface area contributed by atoms with Crippen molar-refractivity contribution in [1.29, 1.82) is 0 Å². The summed E-state index contributed by atoms with van der Waals surface area (Å²) in [6.07, 6.45) is -2.72. The minimum absolute atomic E-state index is 0.0636. The van der Waals surface area contributed by atoms with E-state index in [1.54, 1.807) is 0 Å². The molecule has 27 heavy (non-hydrogen) atoms. The predicted molar refractivity (Wildman–Crippen MR) is 92.4 cm³/mol. The Morgan fingerprint density at radius 2 is 2.26 bits per heavy atom. The van der Waals surface area contributed by atoms with Crippen molar-refractivity contribution in [3.05, 3.63) is 27.4 Å². The van der Waals surface area contributed by atoms with Crippen molar-refractivity contribution in [3.63, 3.8) is 0 Å². The largest absolute Gasteiger partial charge is 0.480 e. The molecule has 1 aliphatic heterocycles. The van der Waals surface area contributed by atoms with E-state index < -0.39 is 56.0 Å². The molecule has 14 heteroatoms. The first-order valence-electron chi connectivity index (χ1n) is 7.70. The number of carbonyl (C=O) groups is 1. The molecule has 0 bridgehead atoms. The molecule has 1 saturated heterocycles. The highest BCUT2D eigenvalue weighted by Gasteiger charge is 2.53. The second-order valence-electron chi connectivity index (χ2n) is 6.22. The summed E-state index contributed by atoms with van der Waals surface area (Å²) in [6, 6.07) is -0.213. The first-order valence-corrected chi connectivity index (χ1v) is 9.69. The zero-order chi connectivity index (χ0) is 20.6. The number of aliphatic carboxylic acids is 1. The first kappa shape index (κ1) is 21.9. The van der Waals surface area contributed by atoms with Gasteiger partial charge in [0.25, 0.3) is 5.56 Å². The molecule has 0 aromatic carbocycles. The maximum Gasteiger partial charge on any atom is 0.403 e. The van der Waals surface area contributed by atoms with Crippen molar-refractivity contribution in [1.82, 2.24) is 14.6 Å². The van der Waals surface area contributed by atoms with E-state index in [-0.39, 0.29) is 4.77 Å². The number of aliphatic hydroxyl groups is 2. The third-order valence-electron chi connectivity index (χ3n) is 4.00. The summed E-state index contributed by atoms with van der Waals surface area (Å²) in [4.78, 5) is 34.0. The van der Waals surface area contributed by atoms with Crippen LogP contribution < -0.4 is 10.6 Å². The lowest BCUT2D eigenvalue weighted by atomic mass is 9.96. The number of hydrogen-bond acceptors (Lipinski definition) is 8. The molecule has 0 saturated carbocycles. The number of H-pyrrole nitrogens is 1.